The number of amides is 1. The van der Waals surface area contributed by atoms with E-state index in [1.54, 1.807) is 27.7 Å². The van der Waals surface area contributed by atoms with Gasteiger partial charge >= 0.3 is 5.97 Å². The number of nitrogens with one attached hydrogen (secondary N) is 1. The van der Waals surface area contributed by atoms with Crippen LogP contribution in [0.3, 0.4) is 0 Å². The van der Waals surface area contributed by atoms with Gasteiger partial charge in [0.15, 0.2) is 0 Å². The monoisotopic (exact) mass is 245 g/mol. The van der Waals surface area contributed by atoms with Gasteiger partial charge < -0.3 is 15.2 Å². The molecule has 0 bridgehead atoms. The zero-order valence-electron chi connectivity index (χ0n) is 11.2. The number of carbonyl (C=O) groups excluding carboxylic acids is 1. The maximum Gasteiger partial charge on any atom is 0.326 e. The lowest BCUT2D eigenvalue weighted by atomic mass is 9.92. The molecule has 0 heterocycles. The molecule has 0 fully saturated rings. The third-order valence-corrected chi connectivity index (χ3v) is 2.50. The summed E-state index contributed by atoms with van der Waals surface area (Å²) in [4.78, 5) is 22.9. The van der Waals surface area contributed by atoms with Crippen LogP contribution in [-0.4, -0.2) is 36.2 Å². The minimum absolute atomic E-state index is 0.153. The van der Waals surface area contributed by atoms with E-state index in [1.165, 1.54) is 0 Å². The molecule has 17 heavy (non-hydrogen) atoms. The van der Waals surface area contributed by atoms with Crippen molar-refractivity contribution in [1.82, 2.24) is 5.32 Å². The average molecular weight is 245 g/mol. The highest BCUT2D eigenvalue weighted by Crippen LogP contribution is 2.17. The summed E-state index contributed by atoms with van der Waals surface area (Å²) in [6.45, 7) is 9.64. The van der Waals surface area contributed by atoms with Crippen molar-refractivity contribution >= 4 is 11.9 Å². The summed E-state index contributed by atoms with van der Waals surface area (Å²) in [6.07, 6.45) is 0. The highest BCUT2D eigenvalue weighted by atomic mass is 16.5. The second-order valence-corrected chi connectivity index (χ2v) is 5.05. The first kappa shape index (κ1) is 15.9. The number of hydrogen-bond acceptors (Lipinski definition) is 3. The van der Waals surface area contributed by atoms with Gasteiger partial charge in [-0.25, -0.2) is 4.79 Å². The Morgan fingerprint density at radius 2 is 1.88 bits per heavy atom. The SMILES string of the molecule is CCOCC(C)(C)C(=O)N[C@H](C(=O)O)C(C)C. The van der Waals surface area contributed by atoms with Crippen molar-refractivity contribution in [2.45, 2.75) is 40.7 Å². The number of rotatable bonds is 7. The first-order chi connectivity index (χ1) is 7.72. The van der Waals surface area contributed by atoms with E-state index in [0.29, 0.717) is 6.61 Å². The van der Waals surface area contributed by atoms with E-state index in [4.69, 9.17) is 9.84 Å². The van der Waals surface area contributed by atoms with Crippen molar-refractivity contribution in [2.24, 2.45) is 11.3 Å². The molecule has 0 aromatic heterocycles. The molecule has 0 saturated heterocycles. The average Bonchev–Trinajstić information content (AvgIpc) is 2.21. The number of carboxylic acid groups (broad SMARTS) is 1. The third kappa shape index (κ3) is 5.17. The molecule has 0 spiro atoms. The van der Waals surface area contributed by atoms with Gasteiger partial charge in [-0.05, 0) is 26.7 Å². The van der Waals surface area contributed by atoms with Crippen LogP contribution in [-0.2, 0) is 14.3 Å². The highest BCUT2D eigenvalue weighted by Gasteiger charge is 2.32. The fourth-order valence-corrected chi connectivity index (χ4v) is 1.27. The quantitative estimate of drug-likeness (QED) is 0.708. The molecule has 0 unspecified atom stereocenters. The van der Waals surface area contributed by atoms with Crippen molar-refractivity contribution in [1.29, 1.82) is 0 Å². The minimum Gasteiger partial charge on any atom is -0.480 e. The maximum absolute atomic E-state index is 11.9. The van der Waals surface area contributed by atoms with E-state index in [0.717, 1.165) is 0 Å². The second kappa shape index (κ2) is 6.59. The van der Waals surface area contributed by atoms with Crippen molar-refractivity contribution < 1.29 is 19.4 Å². The van der Waals surface area contributed by atoms with Gasteiger partial charge in [0.2, 0.25) is 5.91 Å². The molecule has 0 aliphatic carbocycles. The number of ether oxygens (including phenoxy) is 1. The third-order valence-electron chi connectivity index (χ3n) is 2.50. The molecule has 0 rings (SSSR count). The van der Waals surface area contributed by atoms with Gasteiger partial charge in [-0.3, -0.25) is 4.79 Å². The standard InChI is InChI=1S/C12H23NO4/c1-6-17-7-12(4,5)11(16)13-9(8(2)3)10(14)15/h8-9H,6-7H2,1-5H3,(H,13,16)(H,14,15)/t9-/m0/s1. The van der Waals surface area contributed by atoms with Gasteiger partial charge in [-0.15, -0.1) is 0 Å². The molecule has 1 amide bonds. The number of carboxylic acids is 1. The number of hydrogen-bond donors (Lipinski definition) is 2. The molecule has 0 saturated carbocycles. The number of carbonyl (C=O) groups is 2. The first-order valence-corrected chi connectivity index (χ1v) is 5.84. The van der Waals surface area contributed by atoms with Crippen LogP contribution in [0.4, 0.5) is 0 Å². The van der Waals surface area contributed by atoms with E-state index in [2.05, 4.69) is 5.32 Å². The molecule has 0 aliphatic heterocycles. The Balaban J connectivity index is 4.54. The van der Waals surface area contributed by atoms with Gasteiger partial charge in [0.25, 0.3) is 0 Å². The molecule has 0 aromatic rings. The summed E-state index contributed by atoms with van der Waals surface area (Å²) in [5, 5.41) is 11.5. The van der Waals surface area contributed by atoms with E-state index < -0.39 is 17.4 Å². The number of aliphatic carboxylic acids is 1. The predicted octanol–water partition coefficient (Wildman–Crippen LogP) is 1.27. The second-order valence-electron chi connectivity index (χ2n) is 5.05. The van der Waals surface area contributed by atoms with Crippen molar-refractivity contribution in [3.8, 4) is 0 Å². The fourth-order valence-electron chi connectivity index (χ4n) is 1.27. The Hall–Kier alpha value is -1.10. The lowest BCUT2D eigenvalue weighted by Gasteiger charge is -2.26. The summed E-state index contributed by atoms with van der Waals surface area (Å²) in [5.74, 6) is -1.47. The zero-order valence-corrected chi connectivity index (χ0v) is 11.2. The Labute approximate surface area is 103 Å². The smallest absolute Gasteiger partial charge is 0.326 e. The van der Waals surface area contributed by atoms with Crippen molar-refractivity contribution in [3.63, 3.8) is 0 Å². The Bertz CT molecular complexity index is 274. The summed E-state index contributed by atoms with van der Waals surface area (Å²) in [5.41, 5.74) is -0.724. The Kier molecular flexibility index (Phi) is 6.16. The molecule has 0 aliphatic rings. The largest absolute Gasteiger partial charge is 0.480 e. The predicted molar refractivity (Wildman–Crippen MR) is 64.7 cm³/mol. The molecule has 1 atom stereocenters. The van der Waals surface area contributed by atoms with Gasteiger partial charge in [0.1, 0.15) is 6.04 Å². The van der Waals surface area contributed by atoms with Crippen LogP contribution < -0.4 is 5.32 Å². The molecule has 0 aromatic carbocycles. The molecule has 2 N–H and O–H groups in total. The van der Waals surface area contributed by atoms with Crippen molar-refractivity contribution in [3.05, 3.63) is 0 Å². The van der Waals surface area contributed by atoms with E-state index in [1.807, 2.05) is 6.92 Å². The summed E-state index contributed by atoms with van der Waals surface area (Å²) < 4.78 is 5.21. The normalized spacial score (nSPS) is 13.5. The van der Waals surface area contributed by atoms with Crippen LogP contribution in [0, 0.1) is 11.3 Å². The van der Waals surface area contributed by atoms with E-state index in [-0.39, 0.29) is 18.4 Å². The van der Waals surface area contributed by atoms with Crippen LogP contribution in [0.25, 0.3) is 0 Å². The Morgan fingerprint density at radius 3 is 2.24 bits per heavy atom. The molecule has 0 radical (unpaired) electrons. The van der Waals surface area contributed by atoms with Gasteiger partial charge in [-0.2, -0.15) is 0 Å². The molecule has 5 heteroatoms. The first-order valence-electron chi connectivity index (χ1n) is 5.84. The van der Waals surface area contributed by atoms with E-state index >= 15 is 0 Å². The fraction of sp³-hybridized carbons (Fsp3) is 0.833. The van der Waals surface area contributed by atoms with Gasteiger partial charge in [0.05, 0.1) is 12.0 Å². The lowest BCUT2D eigenvalue weighted by Crippen LogP contribution is -2.50. The maximum atomic E-state index is 11.9. The molecular weight excluding hydrogens is 222 g/mol. The molecular formula is C12H23NO4. The Morgan fingerprint density at radius 1 is 1.35 bits per heavy atom. The van der Waals surface area contributed by atoms with E-state index in [9.17, 15) is 9.59 Å². The van der Waals surface area contributed by atoms with Gasteiger partial charge in [0, 0.05) is 6.61 Å². The van der Waals surface area contributed by atoms with Crippen LogP contribution in [0.5, 0.6) is 0 Å². The molecule has 100 valence electrons. The minimum atomic E-state index is -1.01. The summed E-state index contributed by atoms with van der Waals surface area (Å²) in [6, 6.07) is -0.858. The van der Waals surface area contributed by atoms with Crippen LogP contribution >= 0.6 is 0 Å². The summed E-state index contributed by atoms with van der Waals surface area (Å²) in [7, 11) is 0. The van der Waals surface area contributed by atoms with Crippen LogP contribution in [0.15, 0.2) is 0 Å². The summed E-state index contributed by atoms with van der Waals surface area (Å²) >= 11 is 0. The molecule has 5 nitrogen and oxygen atoms in total. The van der Waals surface area contributed by atoms with Crippen LogP contribution in [0.2, 0.25) is 0 Å². The highest BCUT2D eigenvalue weighted by molar-refractivity contribution is 5.87. The van der Waals surface area contributed by atoms with Crippen molar-refractivity contribution in [2.75, 3.05) is 13.2 Å². The topological polar surface area (TPSA) is 75.6 Å². The zero-order chi connectivity index (χ0) is 13.6. The lowest BCUT2D eigenvalue weighted by molar-refractivity contribution is -0.145. The van der Waals surface area contributed by atoms with Gasteiger partial charge in [-0.1, -0.05) is 13.8 Å². The van der Waals surface area contributed by atoms with Crippen LogP contribution in [0.1, 0.15) is 34.6 Å².